The molecule has 2 rings (SSSR count). The van der Waals surface area contributed by atoms with Crippen LogP contribution in [0.1, 0.15) is 52.9 Å². The van der Waals surface area contributed by atoms with Crippen molar-refractivity contribution in [2.75, 3.05) is 7.05 Å². The molecule has 1 aliphatic carbocycles. The maximum Gasteiger partial charge on any atom is 0.254 e. The first-order valence-corrected chi connectivity index (χ1v) is 7.31. The lowest BCUT2D eigenvalue weighted by Crippen LogP contribution is -2.38. The molecule has 17 heavy (non-hydrogen) atoms. The summed E-state index contributed by atoms with van der Waals surface area (Å²) in [6, 6.07) is 0.454. The van der Waals surface area contributed by atoms with Crippen molar-refractivity contribution in [2.45, 2.75) is 52.0 Å². The summed E-state index contributed by atoms with van der Waals surface area (Å²) in [5.41, 5.74) is 2.06. The average molecular weight is 251 g/mol. The van der Waals surface area contributed by atoms with Gasteiger partial charge in [-0.3, -0.25) is 4.79 Å². The molecule has 0 aromatic carbocycles. The third-order valence-electron chi connectivity index (χ3n) is 3.96. The maximum absolute atomic E-state index is 12.4. The third-order valence-corrected chi connectivity index (χ3v) is 4.97. The van der Waals surface area contributed by atoms with E-state index in [1.807, 2.05) is 24.3 Å². The monoisotopic (exact) mass is 251 g/mol. The summed E-state index contributed by atoms with van der Waals surface area (Å²) in [7, 11) is 1.96. The van der Waals surface area contributed by atoms with Crippen LogP contribution in [-0.4, -0.2) is 23.9 Å². The Morgan fingerprint density at radius 1 is 1.29 bits per heavy atom. The number of aryl methyl sites for hydroxylation is 1. The average Bonchev–Trinajstić information content (AvgIpc) is 2.69. The van der Waals surface area contributed by atoms with Gasteiger partial charge in [0.25, 0.3) is 5.91 Å². The molecule has 1 aliphatic rings. The molecule has 0 unspecified atom stereocenters. The smallest absolute Gasteiger partial charge is 0.254 e. The van der Waals surface area contributed by atoms with Crippen LogP contribution in [-0.2, 0) is 0 Å². The highest BCUT2D eigenvalue weighted by molar-refractivity contribution is 7.10. The zero-order valence-electron chi connectivity index (χ0n) is 11.0. The molecule has 1 saturated carbocycles. The number of hydrogen-bond acceptors (Lipinski definition) is 2. The summed E-state index contributed by atoms with van der Waals surface area (Å²) in [6.45, 7) is 4.13. The molecule has 94 valence electrons. The number of carbonyl (C=O) groups is 1. The normalized spacial score (nSPS) is 17.1. The number of carbonyl (C=O) groups excluding carboxylic acids is 1. The van der Waals surface area contributed by atoms with Gasteiger partial charge in [-0.2, -0.15) is 0 Å². The zero-order valence-corrected chi connectivity index (χ0v) is 11.8. The van der Waals surface area contributed by atoms with E-state index in [1.54, 1.807) is 11.3 Å². The Morgan fingerprint density at radius 2 is 1.94 bits per heavy atom. The van der Waals surface area contributed by atoms with Gasteiger partial charge in [0, 0.05) is 23.3 Å². The van der Waals surface area contributed by atoms with Crippen molar-refractivity contribution in [3.8, 4) is 0 Å². The second-order valence-electron chi connectivity index (χ2n) is 5.04. The largest absolute Gasteiger partial charge is 0.339 e. The Balaban J connectivity index is 2.11. The summed E-state index contributed by atoms with van der Waals surface area (Å²) in [5, 5.41) is 2.01. The first-order chi connectivity index (χ1) is 8.11. The Kier molecular flexibility index (Phi) is 3.87. The Morgan fingerprint density at radius 3 is 2.47 bits per heavy atom. The first kappa shape index (κ1) is 12.6. The van der Waals surface area contributed by atoms with Crippen LogP contribution in [0.4, 0.5) is 0 Å². The van der Waals surface area contributed by atoms with Crippen LogP contribution in [0.2, 0.25) is 0 Å². The van der Waals surface area contributed by atoms with Gasteiger partial charge < -0.3 is 4.90 Å². The molecule has 0 bridgehead atoms. The minimum absolute atomic E-state index is 0.207. The van der Waals surface area contributed by atoms with Gasteiger partial charge in [-0.05, 0) is 32.3 Å². The van der Waals surface area contributed by atoms with Gasteiger partial charge >= 0.3 is 0 Å². The van der Waals surface area contributed by atoms with Gasteiger partial charge in [-0.25, -0.2) is 0 Å². The molecule has 1 amide bonds. The summed E-state index contributed by atoms with van der Waals surface area (Å²) < 4.78 is 0. The van der Waals surface area contributed by atoms with E-state index in [0.29, 0.717) is 6.04 Å². The van der Waals surface area contributed by atoms with Gasteiger partial charge in [0.15, 0.2) is 0 Å². The number of hydrogen-bond donors (Lipinski definition) is 0. The summed E-state index contributed by atoms with van der Waals surface area (Å²) in [4.78, 5) is 15.6. The van der Waals surface area contributed by atoms with Crippen LogP contribution >= 0.6 is 11.3 Å². The molecule has 0 atom stereocenters. The number of thiophene rings is 1. The highest BCUT2D eigenvalue weighted by Gasteiger charge is 2.24. The molecule has 0 saturated heterocycles. The van der Waals surface area contributed by atoms with Crippen molar-refractivity contribution in [3.63, 3.8) is 0 Å². The van der Waals surface area contributed by atoms with Gasteiger partial charge in [0.2, 0.25) is 0 Å². The molecule has 0 aliphatic heterocycles. The summed E-state index contributed by atoms with van der Waals surface area (Å²) in [5.74, 6) is 0.207. The number of rotatable bonds is 2. The Bertz CT molecular complexity index is 404. The Hall–Kier alpha value is -0.830. The van der Waals surface area contributed by atoms with Crippen LogP contribution in [0.5, 0.6) is 0 Å². The van der Waals surface area contributed by atoms with Gasteiger partial charge in [0.05, 0.1) is 5.56 Å². The lowest BCUT2D eigenvalue weighted by Gasteiger charge is -2.31. The molecule has 2 nitrogen and oxygen atoms in total. The summed E-state index contributed by atoms with van der Waals surface area (Å²) in [6.07, 6.45) is 6.21. The van der Waals surface area contributed by atoms with Gasteiger partial charge in [0.1, 0.15) is 0 Å². The van der Waals surface area contributed by atoms with Crippen molar-refractivity contribution in [2.24, 2.45) is 0 Å². The fraction of sp³-hybridized carbons (Fsp3) is 0.643. The second kappa shape index (κ2) is 5.21. The van der Waals surface area contributed by atoms with E-state index in [9.17, 15) is 4.79 Å². The molecule has 3 heteroatoms. The number of nitrogens with zero attached hydrogens (tertiary/aromatic N) is 1. The van der Waals surface area contributed by atoms with E-state index >= 15 is 0 Å². The van der Waals surface area contributed by atoms with Crippen molar-refractivity contribution in [1.82, 2.24) is 4.90 Å². The molecule has 1 aromatic heterocycles. The lowest BCUT2D eigenvalue weighted by atomic mass is 9.94. The maximum atomic E-state index is 12.4. The minimum Gasteiger partial charge on any atom is -0.339 e. The number of amides is 1. The van der Waals surface area contributed by atoms with E-state index in [4.69, 9.17) is 0 Å². The van der Waals surface area contributed by atoms with Crippen LogP contribution in [0.15, 0.2) is 5.38 Å². The molecule has 0 radical (unpaired) electrons. The lowest BCUT2D eigenvalue weighted by molar-refractivity contribution is 0.0696. The second-order valence-corrected chi connectivity index (χ2v) is 6.12. The van der Waals surface area contributed by atoms with Crippen LogP contribution in [0, 0.1) is 13.8 Å². The van der Waals surface area contributed by atoms with Gasteiger partial charge in [-0.15, -0.1) is 11.3 Å². The van der Waals surface area contributed by atoms with E-state index in [-0.39, 0.29) is 5.91 Å². The van der Waals surface area contributed by atoms with E-state index in [1.165, 1.54) is 37.0 Å². The van der Waals surface area contributed by atoms with Crippen molar-refractivity contribution in [3.05, 3.63) is 21.4 Å². The highest BCUT2D eigenvalue weighted by Crippen LogP contribution is 2.26. The van der Waals surface area contributed by atoms with Crippen molar-refractivity contribution < 1.29 is 4.79 Å². The van der Waals surface area contributed by atoms with Gasteiger partial charge in [-0.1, -0.05) is 19.3 Å². The molecule has 0 spiro atoms. The van der Waals surface area contributed by atoms with Crippen LogP contribution < -0.4 is 0 Å². The fourth-order valence-corrected chi connectivity index (χ4v) is 3.41. The molecule has 1 heterocycles. The first-order valence-electron chi connectivity index (χ1n) is 6.43. The molecule has 0 N–H and O–H groups in total. The topological polar surface area (TPSA) is 20.3 Å². The van der Waals surface area contributed by atoms with Crippen LogP contribution in [0.3, 0.4) is 0 Å². The predicted molar refractivity (Wildman–Crippen MR) is 72.8 cm³/mol. The predicted octanol–water partition coefficient (Wildman–Crippen LogP) is 3.77. The zero-order chi connectivity index (χ0) is 12.4. The Labute approximate surface area is 108 Å². The highest BCUT2D eigenvalue weighted by atomic mass is 32.1. The standard InChI is InChI=1S/C14H21NOS/c1-10-11(2)17-9-13(10)14(16)15(3)12-7-5-4-6-8-12/h9,12H,4-8H2,1-3H3. The molecular weight excluding hydrogens is 230 g/mol. The van der Waals surface area contributed by atoms with E-state index < -0.39 is 0 Å². The quantitative estimate of drug-likeness (QED) is 0.783. The fourth-order valence-electron chi connectivity index (χ4n) is 2.55. The van der Waals surface area contributed by atoms with Crippen molar-refractivity contribution >= 4 is 17.2 Å². The van der Waals surface area contributed by atoms with Crippen LogP contribution in [0.25, 0.3) is 0 Å². The molecular formula is C14H21NOS. The van der Waals surface area contributed by atoms with E-state index in [0.717, 1.165) is 11.1 Å². The SMILES string of the molecule is Cc1scc(C(=O)N(C)C2CCCCC2)c1C. The summed E-state index contributed by atoms with van der Waals surface area (Å²) >= 11 is 1.68. The molecule has 1 fully saturated rings. The third kappa shape index (κ3) is 2.54. The minimum atomic E-state index is 0.207. The molecule has 1 aromatic rings. The van der Waals surface area contributed by atoms with Crippen molar-refractivity contribution in [1.29, 1.82) is 0 Å². The van der Waals surface area contributed by atoms with E-state index in [2.05, 4.69) is 6.92 Å².